The first-order valence-electron chi connectivity index (χ1n) is 3.62. The van der Waals surface area contributed by atoms with Crippen LogP contribution in [0.5, 0.6) is 0 Å². The van der Waals surface area contributed by atoms with Gasteiger partial charge in [0.2, 0.25) is 0 Å². The molecule has 0 aliphatic rings. The summed E-state index contributed by atoms with van der Waals surface area (Å²) in [5.41, 5.74) is 1.02. The highest BCUT2D eigenvalue weighted by Gasteiger charge is 1.99. The van der Waals surface area contributed by atoms with Gasteiger partial charge in [0, 0.05) is 0 Å². The Labute approximate surface area is 70.5 Å². The number of H-pyrrole nitrogens is 1. The molecule has 1 heterocycles. The molecule has 1 aromatic rings. The molecule has 0 spiro atoms. The molecule has 0 saturated carbocycles. The van der Waals surface area contributed by atoms with Crippen LogP contribution >= 0.6 is 0 Å². The highest BCUT2D eigenvalue weighted by molar-refractivity contribution is 5.59. The number of nitrogens with zero attached hydrogens (tertiary/aromatic N) is 1. The van der Waals surface area contributed by atoms with Gasteiger partial charge in [0.1, 0.15) is 0 Å². The summed E-state index contributed by atoms with van der Waals surface area (Å²) in [7, 11) is 0. The van der Waals surface area contributed by atoms with Crippen LogP contribution in [0.15, 0.2) is 23.8 Å². The van der Waals surface area contributed by atoms with Crippen molar-refractivity contribution in [3.8, 4) is 0 Å². The Morgan fingerprint density at radius 1 is 1.67 bits per heavy atom. The zero-order valence-electron chi connectivity index (χ0n) is 6.87. The minimum Gasteiger partial charge on any atom is -0.313 e. The average Bonchev–Trinajstić information content (AvgIpc) is 2.09. The fourth-order valence-corrected chi connectivity index (χ4v) is 0.914. The first kappa shape index (κ1) is 8.46. The Kier molecular flexibility index (Phi) is 2.58. The van der Waals surface area contributed by atoms with E-state index in [1.165, 1.54) is 6.33 Å². The van der Waals surface area contributed by atoms with E-state index in [-0.39, 0.29) is 5.56 Å². The summed E-state index contributed by atoms with van der Waals surface area (Å²) in [6, 6.07) is 0. The van der Waals surface area contributed by atoms with Crippen LogP contribution in [-0.4, -0.2) is 9.97 Å². The normalized spacial score (nSPS) is 10.4. The molecule has 1 N–H and O–H groups in total. The smallest absolute Gasteiger partial charge is 0.258 e. The maximum atomic E-state index is 11.2. The summed E-state index contributed by atoms with van der Waals surface area (Å²) in [6.07, 6.45) is 6.43. The lowest BCUT2D eigenvalue weighted by atomic mass is 10.2. The molecule has 0 aromatic carbocycles. The van der Waals surface area contributed by atoms with Gasteiger partial charge in [-0.1, -0.05) is 18.7 Å². The van der Waals surface area contributed by atoms with Crippen LogP contribution in [0.25, 0.3) is 12.2 Å². The third-order valence-corrected chi connectivity index (χ3v) is 1.45. The van der Waals surface area contributed by atoms with Crippen molar-refractivity contribution < 1.29 is 0 Å². The van der Waals surface area contributed by atoms with Crippen LogP contribution in [-0.2, 0) is 0 Å². The van der Waals surface area contributed by atoms with Crippen LogP contribution in [0.3, 0.4) is 0 Å². The molecule has 3 heteroatoms. The molecule has 0 unspecified atom stereocenters. The Morgan fingerprint density at radius 3 is 3.00 bits per heavy atom. The predicted octanol–water partition coefficient (Wildman–Crippen LogP) is 1.45. The van der Waals surface area contributed by atoms with E-state index >= 15 is 0 Å². The maximum Gasteiger partial charge on any atom is 0.258 e. The molecule has 1 aromatic heterocycles. The molecule has 0 aliphatic heterocycles. The maximum absolute atomic E-state index is 11.2. The molecule has 0 amide bonds. The van der Waals surface area contributed by atoms with E-state index in [9.17, 15) is 4.79 Å². The number of rotatable bonds is 2. The molecule has 62 valence electrons. The second-order valence-corrected chi connectivity index (χ2v) is 2.23. The summed E-state index contributed by atoms with van der Waals surface area (Å²) in [4.78, 5) is 17.6. The molecule has 0 aliphatic carbocycles. The van der Waals surface area contributed by atoms with Crippen molar-refractivity contribution in [2.75, 3.05) is 0 Å². The third-order valence-electron chi connectivity index (χ3n) is 1.45. The molecule has 0 saturated heterocycles. The lowest BCUT2D eigenvalue weighted by Gasteiger charge is -1.95. The fraction of sp³-hybridized carbons (Fsp3) is 0.111. The average molecular weight is 162 g/mol. The van der Waals surface area contributed by atoms with E-state index in [1.54, 1.807) is 18.2 Å². The summed E-state index contributed by atoms with van der Waals surface area (Å²) < 4.78 is 0. The zero-order valence-corrected chi connectivity index (χ0v) is 6.87. The van der Waals surface area contributed by atoms with Gasteiger partial charge in [-0.15, -0.1) is 0 Å². The van der Waals surface area contributed by atoms with E-state index in [4.69, 9.17) is 0 Å². The SMILES string of the molecule is C=Cc1nc[nH]c(=O)c1/C=C\C. The minimum atomic E-state index is -0.141. The second kappa shape index (κ2) is 3.67. The van der Waals surface area contributed by atoms with E-state index in [2.05, 4.69) is 16.5 Å². The van der Waals surface area contributed by atoms with Crippen molar-refractivity contribution >= 4 is 12.2 Å². The number of allylic oxidation sites excluding steroid dienone is 1. The number of hydrogen-bond donors (Lipinski definition) is 1. The lowest BCUT2D eigenvalue weighted by molar-refractivity contribution is 1.09. The molecule has 0 atom stereocenters. The van der Waals surface area contributed by atoms with Gasteiger partial charge in [0.15, 0.2) is 0 Å². The molecule has 1 rings (SSSR count). The summed E-state index contributed by atoms with van der Waals surface area (Å²) in [5, 5.41) is 0. The lowest BCUT2D eigenvalue weighted by Crippen LogP contribution is -2.11. The van der Waals surface area contributed by atoms with Crippen molar-refractivity contribution in [3.63, 3.8) is 0 Å². The largest absolute Gasteiger partial charge is 0.313 e. The van der Waals surface area contributed by atoms with Gasteiger partial charge in [0.05, 0.1) is 17.6 Å². The highest BCUT2D eigenvalue weighted by atomic mass is 16.1. The van der Waals surface area contributed by atoms with Crippen LogP contribution < -0.4 is 5.56 Å². The van der Waals surface area contributed by atoms with Crippen molar-refractivity contribution in [1.29, 1.82) is 0 Å². The van der Waals surface area contributed by atoms with Gasteiger partial charge in [-0.25, -0.2) is 4.98 Å². The van der Waals surface area contributed by atoms with Crippen molar-refractivity contribution in [1.82, 2.24) is 9.97 Å². The van der Waals surface area contributed by atoms with E-state index in [0.29, 0.717) is 11.3 Å². The summed E-state index contributed by atoms with van der Waals surface area (Å²) in [6.45, 7) is 5.41. The van der Waals surface area contributed by atoms with E-state index in [0.717, 1.165) is 0 Å². The molecule has 0 radical (unpaired) electrons. The quantitative estimate of drug-likeness (QED) is 0.715. The Bertz CT molecular complexity index is 363. The number of aromatic nitrogens is 2. The van der Waals surface area contributed by atoms with Gasteiger partial charge in [-0.2, -0.15) is 0 Å². The predicted molar refractivity (Wildman–Crippen MR) is 49.7 cm³/mol. The monoisotopic (exact) mass is 162 g/mol. The minimum absolute atomic E-state index is 0.141. The van der Waals surface area contributed by atoms with Crippen LogP contribution in [0.2, 0.25) is 0 Å². The standard InChI is InChI=1S/C9H10N2O/c1-3-5-7-8(4-2)10-6-11-9(7)12/h3-6H,2H2,1H3,(H,10,11,12)/b5-3-. The summed E-state index contributed by atoms with van der Waals surface area (Å²) in [5.74, 6) is 0. The zero-order chi connectivity index (χ0) is 8.97. The van der Waals surface area contributed by atoms with Crippen LogP contribution in [0.1, 0.15) is 18.2 Å². The Morgan fingerprint density at radius 2 is 2.42 bits per heavy atom. The highest BCUT2D eigenvalue weighted by Crippen LogP contribution is 2.01. The molecule has 3 nitrogen and oxygen atoms in total. The van der Waals surface area contributed by atoms with Gasteiger partial charge >= 0.3 is 0 Å². The van der Waals surface area contributed by atoms with Gasteiger partial charge < -0.3 is 4.98 Å². The number of nitrogens with one attached hydrogen (secondary N) is 1. The van der Waals surface area contributed by atoms with Gasteiger partial charge in [-0.3, -0.25) is 4.79 Å². The number of aromatic amines is 1. The van der Waals surface area contributed by atoms with Crippen molar-refractivity contribution in [2.45, 2.75) is 6.92 Å². The van der Waals surface area contributed by atoms with Crippen molar-refractivity contribution in [3.05, 3.63) is 40.6 Å². The topological polar surface area (TPSA) is 45.8 Å². The van der Waals surface area contributed by atoms with Crippen molar-refractivity contribution in [2.24, 2.45) is 0 Å². The van der Waals surface area contributed by atoms with E-state index in [1.807, 2.05) is 6.92 Å². The molecular weight excluding hydrogens is 152 g/mol. The van der Waals surface area contributed by atoms with Crippen LogP contribution in [0, 0.1) is 0 Å². The van der Waals surface area contributed by atoms with Gasteiger partial charge in [0.25, 0.3) is 5.56 Å². The first-order chi connectivity index (χ1) is 5.79. The molecule has 12 heavy (non-hydrogen) atoms. The van der Waals surface area contributed by atoms with E-state index < -0.39 is 0 Å². The summed E-state index contributed by atoms with van der Waals surface area (Å²) >= 11 is 0. The van der Waals surface area contributed by atoms with Gasteiger partial charge in [-0.05, 0) is 13.0 Å². The molecular formula is C9H10N2O. The first-order valence-corrected chi connectivity index (χ1v) is 3.62. The molecule has 0 bridgehead atoms. The number of hydrogen-bond acceptors (Lipinski definition) is 2. The second-order valence-electron chi connectivity index (χ2n) is 2.23. The fourth-order valence-electron chi connectivity index (χ4n) is 0.914. The Balaban J connectivity index is 3.39. The van der Waals surface area contributed by atoms with Crippen LogP contribution in [0.4, 0.5) is 0 Å². The molecule has 0 fully saturated rings. The third kappa shape index (κ3) is 1.50. The Hall–Kier alpha value is -1.64.